The van der Waals surface area contributed by atoms with Gasteiger partial charge < -0.3 is 5.73 Å². The normalized spacial score (nSPS) is 10.7. The predicted molar refractivity (Wildman–Crippen MR) is 78.6 cm³/mol. The molecule has 94 valence electrons. The fourth-order valence-corrected chi connectivity index (χ4v) is 3.01. The molecule has 1 nitrogen and oxygen atoms in total. The summed E-state index contributed by atoms with van der Waals surface area (Å²) in [7, 11) is 0. The third kappa shape index (κ3) is 2.87. The van der Waals surface area contributed by atoms with Crippen molar-refractivity contribution in [1.82, 2.24) is 0 Å². The molecule has 18 heavy (non-hydrogen) atoms. The van der Waals surface area contributed by atoms with E-state index in [0.717, 1.165) is 9.79 Å². The Kier molecular flexibility index (Phi) is 3.97. The number of hydrogen-bond acceptors (Lipinski definition) is 2. The molecule has 0 fully saturated rings. The van der Waals surface area contributed by atoms with Gasteiger partial charge in [0.25, 0.3) is 0 Å². The molecular weight excluding hydrogens is 313 g/mol. The van der Waals surface area contributed by atoms with Gasteiger partial charge in [0.2, 0.25) is 0 Å². The van der Waals surface area contributed by atoms with Crippen molar-refractivity contribution in [2.45, 2.75) is 23.6 Å². The van der Waals surface area contributed by atoms with Crippen LogP contribution in [0.15, 0.2) is 44.6 Å². The Hall–Kier alpha value is -1.00. The van der Waals surface area contributed by atoms with E-state index in [1.54, 1.807) is 6.07 Å². The Balaban J connectivity index is 2.34. The van der Waals surface area contributed by atoms with E-state index >= 15 is 0 Å². The first-order chi connectivity index (χ1) is 8.47. The fourth-order valence-electron chi connectivity index (χ4n) is 1.54. The summed E-state index contributed by atoms with van der Waals surface area (Å²) in [4.78, 5) is 1.95. The van der Waals surface area contributed by atoms with Crippen molar-refractivity contribution in [3.8, 4) is 0 Å². The van der Waals surface area contributed by atoms with Crippen molar-refractivity contribution in [2.75, 3.05) is 5.73 Å². The summed E-state index contributed by atoms with van der Waals surface area (Å²) < 4.78 is 13.7. The minimum atomic E-state index is -0.336. The second kappa shape index (κ2) is 5.33. The number of nitrogen functional groups attached to an aromatic ring is 1. The van der Waals surface area contributed by atoms with Crippen molar-refractivity contribution in [3.05, 3.63) is 51.7 Å². The molecule has 2 aromatic carbocycles. The number of benzene rings is 2. The molecule has 0 saturated heterocycles. The molecule has 0 atom stereocenters. The van der Waals surface area contributed by atoms with Gasteiger partial charge in [0.1, 0.15) is 5.82 Å². The van der Waals surface area contributed by atoms with Crippen LogP contribution < -0.4 is 5.73 Å². The molecular formula is C14H13BrFNS. The van der Waals surface area contributed by atoms with E-state index < -0.39 is 0 Å². The topological polar surface area (TPSA) is 26.0 Å². The summed E-state index contributed by atoms with van der Waals surface area (Å²) in [5.74, 6) is -0.336. The SMILES string of the molecule is Cc1ccc(Sc2cc(Br)c(F)cc2N)cc1C. The van der Waals surface area contributed by atoms with Crippen LogP contribution in [-0.4, -0.2) is 0 Å². The zero-order valence-corrected chi connectivity index (χ0v) is 12.5. The van der Waals surface area contributed by atoms with E-state index in [1.165, 1.54) is 29.0 Å². The Labute approximate surface area is 119 Å². The molecule has 0 radical (unpaired) electrons. The molecule has 4 heteroatoms. The molecule has 0 unspecified atom stereocenters. The van der Waals surface area contributed by atoms with Gasteiger partial charge in [0.15, 0.2) is 0 Å². The highest BCUT2D eigenvalue weighted by atomic mass is 79.9. The molecule has 2 aromatic rings. The lowest BCUT2D eigenvalue weighted by atomic mass is 10.1. The first-order valence-corrected chi connectivity index (χ1v) is 7.08. The van der Waals surface area contributed by atoms with Crippen molar-refractivity contribution in [2.24, 2.45) is 0 Å². The summed E-state index contributed by atoms with van der Waals surface area (Å²) in [6, 6.07) is 9.28. The first kappa shape index (κ1) is 13.4. The van der Waals surface area contributed by atoms with Gasteiger partial charge in [-0.25, -0.2) is 4.39 Å². The molecule has 2 N–H and O–H groups in total. The average Bonchev–Trinajstić information content (AvgIpc) is 2.31. The molecule has 0 aliphatic carbocycles. The van der Waals surface area contributed by atoms with E-state index in [4.69, 9.17) is 5.73 Å². The third-order valence-electron chi connectivity index (χ3n) is 2.76. The van der Waals surface area contributed by atoms with E-state index in [0.29, 0.717) is 10.2 Å². The molecule has 0 aliphatic rings. The quantitative estimate of drug-likeness (QED) is 0.791. The smallest absolute Gasteiger partial charge is 0.139 e. The monoisotopic (exact) mass is 325 g/mol. The van der Waals surface area contributed by atoms with Crippen LogP contribution in [0.3, 0.4) is 0 Å². The lowest BCUT2D eigenvalue weighted by Crippen LogP contribution is -1.91. The number of halogens is 2. The van der Waals surface area contributed by atoms with Crippen LogP contribution in [0.25, 0.3) is 0 Å². The number of nitrogens with two attached hydrogens (primary N) is 1. The number of aryl methyl sites for hydroxylation is 2. The Morgan fingerprint density at radius 1 is 1.11 bits per heavy atom. The second-order valence-corrected chi connectivity index (χ2v) is 6.12. The fraction of sp³-hybridized carbons (Fsp3) is 0.143. The van der Waals surface area contributed by atoms with Crippen LogP contribution in [-0.2, 0) is 0 Å². The van der Waals surface area contributed by atoms with Crippen LogP contribution in [0.5, 0.6) is 0 Å². The summed E-state index contributed by atoms with van der Waals surface area (Å²) >= 11 is 4.71. The highest BCUT2D eigenvalue weighted by Crippen LogP contribution is 2.35. The van der Waals surface area contributed by atoms with Gasteiger partial charge in [-0.2, -0.15) is 0 Å². The molecule has 0 saturated carbocycles. The van der Waals surface area contributed by atoms with Crippen molar-refractivity contribution >= 4 is 33.4 Å². The Morgan fingerprint density at radius 3 is 2.50 bits per heavy atom. The van der Waals surface area contributed by atoms with Gasteiger partial charge in [-0.3, -0.25) is 0 Å². The summed E-state index contributed by atoms with van der Waals surface area (Å²) in [5, 5.41) is 0. The maximum absolute atomic E-state index is 13.3. The number of hydrogen-bond donors (Lipinski definition) is 1. The minimum Gasteiger partial charge on any atom is -0.398 e. The second-order valence-electron chi connectivity index (χ2n) is 4.15. The van der Waals surface area contributed by atoms with Crippen LogP contribution in [0.4, 0.5) is 10.1 Å². The Bertz CT molecular complexity index is 599. The highest BCUT2D eigenvalue weighted by Gasteiger charge is 2.08. The molecule has 0 spiro atoms. The zero-order valence-electron chi connectivity index (χ0n) is 10.1. The highest BCUT2D eigenvalue weighted by molar-refractivity contribution is 9.10. The van der Waals surface area contributed by atoms with Crippen molar-refractivity contribution in [3.63, 3.8) is 0 Å². The number of rotatable bonds is 2. The van der Waals surface area contributed by atoms with Crippen LogP contribution in [0.1, 0.15) is 11.1 Å². The molecule has 0 aromatic heterocycles. The molecule has 2 rings (SSSR count). The maximum Gasteiger partial charge on any atom is 0.139 e. The van der Waals surface area contributed by atoms with Gasteiger partial charge in [-0.05, 0) is 65.2 Å². The van der Waals surface area contributed by atoms with Gasteiger partial charge >= 0.3 is 0 Å². The summed E-state index contributed by atoms with van der Waals surface area (Å²) in [5.41, 5.74) is 8.77. The lowest BCUT2D eigenvalue weighted by Gasteiger charge is -2.08. The average molecular weight is 326 g/mol. The summed E-state index contributed by atoms with van der Waals surface area (Å²) in [6.07, 6.45) is 0. The van der Waals surface area contributed by atoms with Crippen LogP contribution in [0.2, 0.25) is 0 Å². The standard InChI is InChI=1S/C14H13BrFNS/c1-8-3-4-10(5-9(8)2)18-14-6-11(15)12(16)7-13(14)17/h3-7H,17H2,1-2H3. The lowest BCUT2D eigenvalue weighted by molar-refractivity contribution is 0.620. The van der Waals surface area contributed by atoms with E-state index in [1.807, 2.05) is 6.07 Å². The molecule has 0 bridgehead atoms. The molecule has 0 amide bonds. The van der Waals surface area contributed by atoms with Crippen molar-refractivity contribution < 1.29 is 4.39 Å². The largest absolute Gasteiger partial charge is 0.398 e. The van der Waals surface area contributed by atoms with Crippen molar-refractivity contribution in [1.29, 1.82) is 0 Å². The molecule has 0 heterocycles. The van der Waals surface area contributed by atoms with Crippen LogP contribution in [0, 0.1) is 19.7 Å². The number of anilines is 1. The molecule has 0 aliphatic heterocycles. The minimum absolute atomic E-state index is 0.336. The van der Waals surface area contributed by atoms with Gasteiger partial charge in [0.05, 0.1) is 4.47 Å². The van der Waals surface area contributed by atoms with E-state index in [9.17, 15) is 4.39 Å². The maximum atomic E-state index is 13.3. The third-order valence-corrected chi connectivity index (χ3v) is 4.43. The first-order valence-electron chi connectivity index (χ1n) is 5.47. The van der Waals surface area contributed by atoms with Crippen LogP contribution >= 0.6 is 27.7 Å². The predicted octanol–water partition coefficient (Wildman–Crippen LogP) is 4.94. The van der Waals surface area contributed by atoms with Gasteiger partial charge in [-0.15, -0.1) is 0 Å². The van der Waals surface area contributed by atoms with E-state index in [-0.39, 0.29) is 5.82 Å². The van der Waals surface area contributed by atoms with E-state index in [2.05, 4.69) is 41.9 Å². The van der Waals surface area contributed by atoms with Gasteiger partial charge in [0, 0.05) is 15.5 Å². The Morgan fingerprint density at radius 2 is 1.83 bits per heavy atom. The summed E-state index contributed by atoms with van der Waals surface area (Å²) in [6.45, 7) is 4.15. The van der Waals surface area contributed by atoms with Gasteiger partial charge in [-0.1, -0.05) is 17.8 Å². The zero-order chi connectivity index (χ0) is 13.3.